The highest BCUT2D eigenvalue weighted by Crippen LogP contribution is 2.17. The molecule has 2 aromatic carbocycles. The van der Waals surface area contributed by atoms with Crippen LogP contribution in [0.5, 0.6) is 0 Å². The van der Waals surface area contributed by atoms with Gasteiger partial charge >= 0.3 is 5.97 Å². The fourth-order valence-electron chi connectivity index (χ4n) is 1.87. The molecular formula is C15H11ClN4O2. The second-order valence-electron chi connectivity index (χ2n) is 4.47. The Morgan fingerprint density at radius 2 is 1.91 bits per heavy atom. The van der Waals surface area contributed by atoms with E-state index < -0.39 is 5.97 Å². The molecule has 22 heavy (non-hydrogen) atoms. The van der Waals surface area contributed by atoms with Crippen molar-refractivity contribution in [2.24, 2.45) is 0 Å². The zero-order chi connectivity index (χ0) is 15.4. The highest BCUT2D eigenvalue weighted by Gasteiger charge is 2.09. The average molecular weight is 315 g/mol. The Bertz CT molecular complexity index is 773. The van der Waals surface area contributed by atoms with Gasteiger partial charge in [0.2, 0.25) is 0 Å². The van der Waals surface area contributed by atoms with E-state index in [1.807, 2.05) is 18.2 Å². The SMILES string of the molecule is O=C(OCc1ccccc1Cl)c1ccc(-n2cnnn2)cc1. The molecule has 110 valence electrons. The lowest BCUT2D eigenvalue weighted by atomic mass is 10.2. The lowest BCUT2D eigenvalue weighted by Crippen LogP contribution is -2.06. The molecule has 0 bridgehead atoms. The predicted octanol–water partition coefficient (Wildman–Crippen LogP) is 2.67. The van der Waals surface area contributed by atoms with E-state index in [9.17, 15) is 4.79 Å². The van der Waals surface area contributed by atoms with Crippen molar-refractivity contribution in [2.75, 3.05) is 0 Å². The summed E-state index contributed by atoms with van der Waals surface area (Å²) in [5, 5.41) is 11.5. The van der Waals surface area contributed by atoms with Gasteiger partial charge in [0.05, 0.1) is 11.3 Å². The van der Waals surface area contributed by atoms with E-state index in [2.05, 4.69) is 15.5 Å². The molecule has 7 heteroatoms. The van der Waals surface area contributed by atoms with E-state index in [1.165, 1.54) is 11.0 Å². The number of hydrogen-bond acceptors (Lipinski definition) is 5. The second-order valence-corrected chi connectivity index (χ2v) is 4.88. The van der Waals surface area contributed by atoms with Gasteiger partial charge < -0.3 is 4.74 Å². The highest BCUT2D eigenvalue weighted by atomic mass is 35.5. The molecule has 0 radical (unpaired) electrons. The van der Waals surface area contributed by atoms with Gasteiger partial charge in [-0.15, -0.1) is 5.10 Å². The van der Waals surface area contributed by atoms with Gasteiger partial charge in [-0.05, 0) is 40.8 Å². The van der Waals surface area contributed by atoms with Crippen LogP contribution in [-0.2, 0) is 11.3 Å². The topological polar surface area (TPSA) is 69.9 Å². The summed E-state index contributed by atoms with van der Waals surface area (Å²) in [6.07, 6.45) is 1.48. The number of tetrazole rings is 1. The van der Waals surface area contributed by atoms with Crippen LogP contribution in [0.25, 0.3) is 5.69 Å². The summed E-state index contributed by atoms with van der Waals surface area (Å²) < 4.78 is 6.75. The predicted molar refractivity (Wildman–Crippen MR) is 79.7 cm³/mol. The summed E-state index contributed by atoms with van der Waals surface area (Å²) in [6.45, 7) is 0.132. The number of carbonyl (C=O) groups is 1. The molecule has 1 heterocycles. The molecule has 0 saturated heterocycles. The first-order valence-corrected chi connectivity index (χ1v) is 6.86. The smallest absolute Gasteiger partial charge is 0.338 e. The van der Waals surface area contributed by atoms with Gasteiger partial charge in [-0.1, -0.05) is 29.8 Å². The summed E-state index contributed by atoms with van der Waals surface area (Å²) in [6, 6.07) is 14.0. The molecule has 0 saturated carbocycles. The molecule has 0 amide bonds. The van der Waals surface area contributed by atoms with E-state index in [-0.39, 0.29) is 6.61 Å². The van der Waals surface area contributed by atoms with Crippen LogP contribution in [-0.4, -0.2) is 26.2 Å². The molecule has 3 aromatic rings. The van der Waals surface area contributed by atoms with E-state index in [0.717, 1.165) is 11.3 Å². The number of carbonyl (C=O) groups excluding carboxylic acids is 1. The van der Waals surface area contributed by atoms with Crippen LogP contribution in [0.4, 0.5) is 0 Å². The number of esters is 1. The fourth-order valence-corrected chi connectivity index (χ4v) is 2.06. The minimum Gasteiger partial charge on any atom is -0.457 e. The summed E-state index contributed by atoms with van der Waals surface area (Å²) >= 11 is 6.02. The van der Waals surface area contributed by atoms with Crippen molar-refractivity contribution in [3.8, 4) is 5.69 Å². The molecule has 6 nitrogen and oxygen atoms in total. The molecule has 0 aliphatic heterocycles. The zero-order valence-corrected chi connectivity index (χ0v) is 12.1. The minimum atomic E-state index is -0.414. The Labute approximate surface area is 131 Å². The Kier molecular flexibility index (Phi) is 4.11. The van der Waals surface area contributed by atoms with Crippen molar-refractivity contribution >= 4 is 17.6 Å². The third-order valence-corrected chi connectivity index (χ3v) is 3.40. The van der Waals surface area contributed by atoms with E-state index in [4.69, 9.17) is 16.3 Å². The van der Waals surface area contributed by atoms with Crippen LogP contribution in [0.3, 0.4) is 0 Å². The highest BCUT2D eigenvalue weighted by molar-refractivity contribution is 6.31. The van der Waals surface area contributed by atoms with Crippen LogP contribution < -0.4 is 0 Å². The van der Waals surface area contributed by atoms with Crippen LogP contribution >= 0.6 is 11.6 Å². The Hall–Kier alpha value is -2.73. The van der Waals surface area contributed by atoms with Gasteiger partial charge in [0.25, 0.3) is 0 Å². The third-order valence-electron chi connectivity index (χ3n) is 3.03. The summed E-state index contributed by atoms with van der Waals surface area (Å²) in [4.78, 5) is 12.0. The molecule has 0 N–H and O–H groups in total. The summed E-state index contributed by atoms with van der Waals surface area (Å²) in [5.74, 6) is -0.414. The van der Waals surface area contributed by atoms with Gasteiger partial charge in [0.1, 0.15) is 12.9 Å². The van der Waals surface area contributed by atoms with Crippen LogP contribution in [0, 0.1) is 0 Å². The molecule has 1 aromatic heterocycles. The lowest BCUT2D eigenvalue weighted by molar-refractivity contribution is 0.0473. The average Bonchev–Trinajstić information content (AvgIpc) is 3.08. The number of ether oxygens (including phenoxy) is 1. The number of rotatable bonds is 4. The number of nitrogens with zero attached hydrogens (tertiary/aromatic N) is 4. The van der Waals surface area contributed by atoms with Crippen molar-refractivity contribution in [2.45, 2.75) is 6.61 Å². The van der Waals surface area contributed by atoms with Crippen molar-refractivity contribution in [3.63, 3.8) is 0 Å². The molecule has 0 fully saturated rings. The number of aromatic nitrogens is 4. The Morgan fingerprint density at radius 1 is 1.14 bits per heavy atom. The maximum atomic E-state index is 12.0. The van der Waals surface area contributed by atoms with Crippen LogP contribution in [0.1, 0.15) is 15.9 Å². The number of hydrogen-bond donors (Lipinski definition) is 0. The van der Waals surface area contributed by atoms with E-state index in [1.54, 1.807) is 30.3 Å². The van der Waals surface area contributed by atoms with E-state index >= 15 is 0 Å². The molecule has 0 aliphatic carbocycles. The monoisotopic (exact) mass is 314 g/mol. The van der Waals surface area contributed by atoms with Gasteiger partial charge in [-0.2, -0.15) is 0 Å². The van der Waals surface area contributed by atoms with Crippen LogP contribution in [0.2, 0.25) is 5.02 Å². The first-order valence-electron chi connectivity index (χ1n) is 6.48. The van der Waals surface area contributed by atoms with Crippen molar-refractivity contribution in [3.05, 3.63) is 71.0 Å². The summed E-state index contributed by atoms with van der Waals surface area (Å²) in [5.41, 5.74) is 1.97. The number of halogens is 1. The molecule has 0 spiro atoms. The van der Waals surface area contributed by atoms with Gasteiger partial charge in [-0.25, -0.2) is 9.48 Å². The Balaban J connectivity index is 1.67. The van der Waals surface area contributed by atoms with Gasteiger partial charge in [-0.3, -0.25) is 0 Å². The first-order chi connectivity index (χ1) is 10.7. The lowest BCUT2D eigenvalue weighted by Gasteiger charge is -2.07. The van der Waals surface area contributed by atoms with Crippen molar-refractivity contribution < 1.29 is 9.53 Å². The fraction of sp³-hybridized carbons (Fsp3) is 0.0667. The number of benzene rings is 2. The molecule has 0 atom stereocenters. The van der Waals surface area contributed by atoms with Crippen molar-refractivity contribution in [1.29, 1.82) is 0 Å². The quantitative estimate of drug-likeness (QED) is 0.692. The second kappa shape index (κ2) is 6.36. The van der Waals surface area contributed by atoms with Crippen molar-refractivity contribution in [1.82, 2.24) is 20.2 Å². The minimum absolute atomic E-state index is 0.132. The standard InChI is InChI=1S/C15H11ClN4O2/c16-14-4-2-1-3-12(14)9-22-15(21)11-5-7-13(8-6-11)20-10-17-18-19-20/h1-8,10H,9H2. The molecule has 0 aliphatic rings. The summed E-state index contributed by atoms with van der Waals surface area (Å²) in [7, 11) is 0. The molecule has 0 unspecified atom stereocenters. The molecule has 3 rings (SSSR count). The van der Waals surface area contributed by atoms with Gasteiger partial charge in [0.15, 0.2) is 0 Å². The normalized spacial score (nSPS) is 10.4. The van der Waals surface area contributed by atoms with Gasteiger partial charge in [0, 0.05) is 10.6 Å². The van der Waals surface area contributed by atoms with Crippen LogP contribution in [0.15, 0.2) is 54.9 Å². The van der Waals surface area contributed by atoms with E-state index in [0.29, 0.717) is 10.6 Å². The zero-order valence-electron chi connectivity index (χ0n) is 11.4. The molecular weight excluding hydrogens is 304 g/mol. The first kappa shape index (κ1) is 14.2. The third kappa shape index (κ3) is 3.12. The maximum absolute atomic E-state index is 12.0. The Morgan fingerprint density at radius 3 is 2.59 bits per heavy atom. The largest absolute Gasteiger partial charge is 0.457 e. The maximum Gasteiger partial charge on any atom is 0.338 e.